The van der Waals surface area contributed by atoms with Gasteiger partial charge in [0.1, 0.15) is 0 Å². The van der Waals surface area contributed by atoms with Crippen molar-refractivity contribution in [2.75, 3.05) is 19.6 Å². The Hall–Kier alpha value is -1.30. The molecule has 1 aromatic rings. The lowest BCUT2D eigenvalue weighted by atomic mass is 9.84. The maximum absolute atomic E-state index is 3.75. The van der Waals surface area contributed by atoms with Crippen LogP contribution in [0.3, 0.4) is 0 Å². The molecule has 1 aliphatic rings. The van der Waals surface area contributed by atoms with Gasteiger partial charge in [-0.3, -0.25) is 4.90 Å². The first kappa shape index (κ1) is 16.1. The number of nitrogens with zero attached hydrogens (tertiary/aromatic N) is 1. The fourth-order valence-electron chi connectivity index (χ4n) is 2.96. The minimum atomic E-state index is 0.288. The van der Waals surface area contributed by atoms with Crippen molar-refractivity contribution >= 4 is 0 Å². The fourth-order valence-corrected chi connectivity index (χ4v) is 2.96. The lowest BCUT2D eigenvalue weighted by Gasteiger charge is -2.45. The van der Waals surface area contributed by atoms with Crippen molar-refractivity contribution in [1.82, 2.24) is 10.2 Å². The van der Waals surface area contributed by atoms with Crippen LogP contribution in [0.1, 0.15) is 45.7 Å². The zero-order valence-electron chi connectivity index (χ0n) is 13.8. The van der Waals surface area contributed by atoms with Crippen LogP contribution in [0.5, 0.6) is 0 Å². The smallest absolute Gasteiger partial charge is 0.0473 e. The third-order valence-electron chi connectivity index (χ3n) is 4.35. The molecule has 1 fully saturated rings. The Morgan fingerprint density at radius 1 is 1.24 bits per heavy atom. The van der Waals surface area contributed by atoms with Gasteiger partial charge in [0.05, 0.1) is 0 Å². The Balaban J connectivity index is 2.13. The maximum atomic E-state index is 3.75. The highest BCUT2D eigenvalue weighted by Gasteiger charge is 2.34. The normalized spacial score (nSPS) is 23.4. The number of rotatable bonds is 3. The summed E-state index contributed by atoms with van der Waals surface area (Å²) in [6.45, 7) is 12.0. The van der Waals surface area contributed by atoms with E-state index in [1.165, 1.54) is 5.56 Å². The van der Waals surface area contributed by atoms with Crippen molar-refractivity contribution in [2.45, 2.75) is 46.2 Å². The SMILES string of the molecule is CC#CCCN1CC(C(C)(C)C)NCC1c1ccccc1. The van der Waals surface area contributed by atoms with Crippen LogP contribution in [0.25, 0.3) is 0 Å². The molecule has 0 aliphatic carbocycles. The molecule has 0 bridgehead atoms. The molecule has 1 aromatic carbocycles. The van der Waals surface area contributed by atoms with E-state index < -0.39 is 0 Å². The molecular weight excluding hydrogens is 256 g/mol. The van der Waals surface area contributed by atoms with Gasteiger partial charge in [-0.1, -0.05) is 51.1 Å². The lowest BCUT2D eigenvalue weighted by molar-refractivity contribution is 0.0874. The maximum Gasteiger partial charge on any atom is 0.0473 e. The number of piperazine rings is 1. The van der Waals surface area contributed by atoms with E-state index in [0.717, 1.165) is 26.1 Å². The Morgan fingerprint density at radius 3 is 2.57 bits per heavy atom. The third kappa shape index (κ3) is 4.33. The summed E-state index contributed by atoms with van der Waals surface area (Å²) in [7, 11) is 0. The molecule has 0 radical (unpaired) electrons. The summed E-state index contributed by atoms with van der Waals surface area (Å²) >= 11 is 0. The molecule has 2 rings (SSSR count). The molecule has 0 amide bonds. The van der Waals surface area contributed by atoms with Crippen LogP contribution in [0.4, 0.5) is 0 Å². The zero-order chi connectivity index (χ0) is 15.3. The molecule has 21 heavy (non-hydrogen) atoms. The Morgan fingerprint density at radius 2 is 1.95 bits per heavy atom. The van der Waals surface area contributed by atoms with Gasteiger partial charge in [0.15, 0.2) is 0 Å². The third-order valence-corrected chi connectivity index (χ3v) is 4.35. The monoisotopic (exact) mass is 284 g/mol. The van der Waals surface area contributed by atoms with Crippen LogP contribution in [0, 0.1) is 17.3 Å². The van der Waals surface area contributed by atoms with E-state index in [1.807, 2.05) is 6.92 Å². The molecule has 114 valence electrons. The van der Waals surface area contributed by atoms with Gasteiger partial charge >= 0.3 is 0 Å². The van der Waals surface area contributed by atoms with Crippen molar-refractivity contribution in [3.63, 3.8) is 0 Å². The minimum Gasteiger partial charge on any atom is -0.310 e. The second-order valence-electron chi connectivity index (χ2n) is 6.93. The standard InChI is InChI=1S/C19H28N2/c1-5-6-10-13-21-15-18(19(2,3)4)20-14-17(21)16-11-8-7-9-12-16/h7-9,11-12,17-18,20H,10,13-15H2,1-4H3. The first-order valence-corrected chi connectivity index (χ1v) is 7.94. The highest BCUT2D eigenvalue weighted by Crippen LogP contribution is 2.29. The van der Waals surface area contributed by atoms with Crippen LogP contribution in [-0.4, -0.2) is 30.6 Å². The zero-order valence-corrected chi connectivity index (χ0v) is 13.8. The molecule has 1 N–H and O–H groups in total. The van der Waals surface area contributed by atoms with Gasteiger partial charge in [-0.2, -0.15) is 0 Å². The molecular formula is C19H28N2. The van der Waals surface area contributed by atoms with Gasteiger partial charge < -0.3 is 5.32 Å². The first-order valence-electron chi connectivity index (χ1n) is 7.94. The Labute approximate surface area is 129 Å². The highest BCUT2D eigenvalue weighted by molar-refractivity contribution is 5.20. The quantitative estimate of drug-likeness (QED) is 0.855. The number of benzene rings is 1. The molecule has 2 heteroatoms. The van der Waals surface area contributed by atoms with Gasteiger partial charge in [-0.25, -0.2) is 0 Å². The van der Waals surface area contributed by atoms with Crippen molar-refractivity contribution in [3.05, 3.63) is 35.9 Å². The van der Waals surface area contributed by atoms with Gasteiger partial charge in [-0.15, -0.1) is 11.8 Å². The molecule has 2 atom stereocenters. The van der Waals surface area contributed by atoms with Crippen molar-refractivity contribution in [3.8, 4) is 11.8 Å². The van der Waals surface area contributed by atoms with E-state index in [1.54, 1.807) is 0 Å². The second kappa shape index (κ2) is 7.11. The minimum absolute atomic E-state index is 0.288. The van der Waals surface area contributed by atoms with Crippen molar-refractivity contribution in [1.29, 1.82) is 0 Å². The second-order valence-corrected chi connectivity index (χ2v) is 6.93. The predicted octanol–water partition coefficient (Wildman–Crippen LogP) is 3.46. The van der Waals surface area contributed by atoms with E-state index in [2.05, 4.69) is 73.2 Å². The summed E-state index contributed by atoms with van der Waals surface area (Å²) in [5.74, 6) is 6.22. The molecule has 0 spiro atoms. The predicted molar refractivity (Wildman–Crippen MR) is 90.1 cm³/mol. The molecule has 2 unspecified atom stereocenters. The van der Waals surface area contributed by atoms with E-state index in [-0.39, 0.29) is 5.41 Å². The Kier molecular flexibility index (Phi) is 5.45. The topological polar surface area (TPSA) is 15.3 Å². The number of hydrogen-bond donors (Lipinski definition) is 1. The first-order chi connectivity index (χ1) is 10.0. The summed E-state index contributed by atoms with van der Waals surface area (Å²) < 4.78 is 0. The van der Waals surface area contributed by atoms with E-state index in [9.17, 15) is 0 Å². The van der Waals surface area contributed by atoms with Crippen LogP contribution in [-0.2, 0) is 0 Å². The average Bonchev–Trinajstić information content (AvgIpc) is 2.47. The molecule has 0 saturated carbocycles. The van der Waals surface area contributed by atoms with Crippen LogP contribution >= 0.6 is 0 Å². The van der Waals surface area contributed by atoms with Gasteiger partial charge in [0.25, 0.3) is 0 Å². The van der Waals surface area contributed by atoms with E-state index in [4.69, 9.17) is 0 Å². The van der Waals surface area contributed by atoms with E-state index in [0.29, 0.717) is 12.1 Å². The molecule has 1 aliphatic heterocycles. The Bertz CT molecular complexity index is 490. The van der Waals surface area contributed by atoms with Gasteiger partial charge in [0, 0.05) is 38.1 Å². The molecule has 1 saturated heterocycles. The summed E-state index contributed by atoms with van der Waals surface area (Å²) in [6, 6.07) is 11.8. The summed E-state index contributed by atoms with van der Waals surface area (Å²) in [5.41, 5.74) is 1.69. The molecule has 1 heterocycles. The number of hydrogen-bond acceptors (Lipinski definition) is 2. The van der Waals surface area contributed by atoms with Gasteiger partial charge in [0.2, 0.25) is 0 Å². The number of nitrogens with one attached hydrogen (secondary N) is 1. The van der Waals surface area contributed by atoms with Gasteiger partial charge in [-0.05, 0) is 17.9 Å². The van der Waals surface area contributed by atoms with E-state index >= 15 is 0 Å². The van der Waals surface area contributed by atoms with Crippen molar-refractivity contribution in [2.24, 2.45) is 5.41 Å². The highest BCUT2D eigenvalue weighted by atomic mass is 15.2. The summed E-state index contributed by atoms with van der Waals surface area (Å²) in [5, 5.41) is 3.75. The van der Waals surface area contributed by atoms with Crippen LogP contribution < -0.4 is 5.32 Å². The van der Waals surface area contributed by atoms with Crippen LogP contribution in [0.15, 0.2) is 30.3 Å². The summed E-state index contributed by atoms with van der Waals surface area (Å²) in [6.07, 6.45) is 0.955. The molecule has 0 aromatic heterocycles. The van der Waals surface area contributed by atoms with Crippen LogP contribution in [0.2, 0.25) is 0 Å². The largest absolute Gasteiger partial charge is 0.310 e. The van der Waals surface area contributed by atoms with Crippen molar-refractivity contribution < 1.29 is 0 Å². The average molecular weight is 284 g/mol. The lowest BCUT2D eigenvalue weighted by Crippen LogP contribution is -2.57. The summed E-state index contributed by atoms with van der Waals surface area (Å²) in [4.78, 5) is 2.60. The molecule has 2 nitrogen and oxygen atoms in total. The fraction of sp³-hybridized carbons (Fsp3) is 0.579.